The van der Waals surface area contributed by atoms with Gasteiger partial charge in [0.05, 0.1) is 0 Å². The molecule has 2 nitrogen and oxygen atoms in total. The van der Waals surface area contributed by atoms with Crippen LogP contribution in [0.25, 0.3) is 0 Å². The van der Waals surface area contributed by atoms with E-state index in [4.69, 9.17) is 0 Å². The minimum atomic E-state index is 0.524. The molecule has 1 heterocycles. The van der Waals surface area contributed by atoms with Crippen molar-refractivity contribution in [1.82, 2.24) is 9.88 Å². The van der Waals surface area contributed by atoms with Crippen LogP contribution < -0.4 is 5.32 Å². The number of nitrogens with zero attached hydrogens (tertiary/aromatic N) is 1. The van der Waals surface area contributed by atoms with Gasteiger partial charge in [-0.15, -0.1) is 0 Å². The normalized spacial score (nSPS) is 18.6. The summed E-state index contributed by atoms with van der Waals surface area (Å²) in [6.45, 7) is 0.947. The Kier molecular flexibility index (Phi) is 4.27. The van der Waals surface area contributed by atoms with E-state index in [0.29, 0.717) is 6.04 Å². The molecule has 0 aliphatic heterocycles. The summed E-state index contributed by atoms with van der Waals surface area (Å²) in [5, 5.41) is 3.47. The molecule has 0 saturated heterocycles. The van der Waals surface area contributed by atoms with Gasteiger partial charge in [0, 0.05) is 29.5 Å². The Bertz CT molecular complexity index is 588. The molecule has 1 unspecified atom stereocenters. The third-order valence-corrected chi connectivity index (χ3v) is 4.66. The summed E-state index contributed by atoms with van der Waals surface area (Å²) in [6.07, 6.45) is 9.79. The van der Waals surface area contributed by atoms with Gasteiger partial charge in [0.2, 0.25) is 0 Å². The van der Waals surface area contributed by atoms with Gasteiger partial charge < -0.3 is 9.88 Å². The topological polar surface area (TPSA) is 17.0 Å². The number of hydrogen-bond donors (Lipinski definition) is 1. The van der Waals surface area contributed by atoms with E-state index in [1.54, 1.807) is 0 Å². The first-order valence-corrected chi connectivity index (χ1v) is 8.16. The van der Waals surface area contributed by atoms with E-state index in [1.807, 2.05) is 0 Å². The molecule has 1 atom stereocenters. The van der Waals surface area contributed by atoms with Crippen molar-refractivity contribution in [3.05, 3.63) is 57.8 Å². The predicted octanol–water partition coefficient (Wildman–Crippen LogP) is 4.29. The van der Waals surface area contributed by atoms with Crippen LogP contribution in [0.3, 0.4) is 0 Å². The van der Waals surface area contributed by atoms with Gasteiger partial charge in [-0.3, -0.25) is 0 Å². The van der Waals surface area contributed by atoms with E-state index < -0.39 is 0 Å². The summed E-state index contributed by atoms with van der Waals surface area (Å²) in [6, 6.07) is 9.08. The summed E-state index contributed by atoms with van der Waals surface area (Å²) in [7, 11) is 2.07. The Labute approximate surface area is 129 Å². The Hall–Kier alpha value is -1.06. The molecule has 106 valence electrons. The number of aromatic nitrogens is 1. The van der Waals surface area contributed by atoms with Gasteiger partial charge in [0.1, 0.15) is 0 Å². The van der Waals surface area contributed by atoms with E-state index in [9.17, 15) is 0 Å². The van der Waals surface area contributed by atoms with Crippen LogP contribution in [0.1, 0.15) is 42.0 Å². The number of nitrogens with one attached hydrogen (secondary N) is 1. The fourth-order valence-electron chi connectivity index (χ4n) is 3.15. The molecule has 0 saturated carbocycles. The van der Waals surface area contributed by atoms with Crippen LogP contribution in [-0.2, 0) is 13.0 Å². The van der Waals surface area contributed by atoms with Crippen LogP contribution in [0, 0.1) is 0 Å². The van der Waals surface area contributed by atoms with Gasteiger partial charge in [-0.1, -0.05) is 34.5 Å². The summed E-state index contributed by atoms with van der Waals surface area (Å²) in [5.74, 6) is 0. The summed E-state index contributed by atoms with van der Waals surface area (Å²) in [4.78, 5) is 0. The Morgan fingerprint density at radius 1 is 1.30 bits per heavy atom. The summed E-state index contributed by atoms with van der Waals surface area (Å²) < 4.78 is 3.49. The van der Waals surface area contributed by atoms with Crippen LogP contribution in [-0.4, -0.2) is 11.6 Å². The van der Waals surface area contributed by atoms with E-state index in [2.05, 4.69) is 69.5 Å². The third-order valence-electron chi connectivity index (χ3n) is 4.16. The van der Waals surface area contributed by atoms with Crippen molar-refractivity contribution in [1.29, 1.82) is 0 Å². The second-order valence-electron chi connectivity index (χ2n) is 5.63. The van der Waals surface area contributed by atoms with E-state index >= 15 is 0 Å². The van der Waals surface area contributed by atoms with E-state index in [1.165, 1.54) is 42.4 Å². The molecule has 1 aromatic heterocycles. The molecule has 2 aromatic rings. The first-order valence-electron chi connectivity index (χ1n) is 7.36. The number of benzene rings is 1. The number of rotatable bonds is 3. The minimum Gasteiger partial charge on any atom is -0.349 e. The SMILES string of the molecule is CNC1CCCCc2cn(Cc3cccc(Br)c3)cc21. The monoisotopic (exact) mass is 332 g/mol. The molecular formula is C17H21BrN2. The van der Waals surface area contributed by atoms with Crippen LogP contribution >= 0.6 is 15.9 Å². The quantitative estimate of drug-likeness (QED) is 0.830. The molecule has 1 aliphatic carbocycles. The lowest BCUT2D eigenvalue weighted by atomic mass is 10.1. The average Bonchev–Trinajstić information content (AvgIpc) is 2.72. The lowest BCUT2D eigenvalue weighted by Crippen LogP contribution is -2.15. The first-order chi connectivity index (χ1) is 9.76. The molecule has 0 amide bonds. The van der Waals surface area contributed by atoms with Gasteiger partial charge in [-0.05, 0) is 55.1 Å². The average molecular weight is 333 g/mol. The van der Waals surface area contributed by atoms with Crippen molar-refractivity contribution < 1.29 is 0 Å². The zero-order chi connectivity index (χ0) is 13.9. The van der Waals surface area contributed by atoms with Crippen molar-refractivity contribution in [3.63, 3.8) is 0 Å². The fraction of sp³-hybridized carbons (Fsp3) is 0.412. The van der Waals surface area contributed by atoms with Gasteiger partial charge in [0.15, 0.2) is 0 Å². The first kappa shape index (κ1) is 13.9. The highest BCUT2D eigenvalue weighted by Crippen LogP contribution is 2.29. The van der Waals surface area contributed by atoms with E-state index in [-0.39, 0.29) is 0 Å². The predicted molar refractivity (Wildman–Crippen MR) is 87.0 cm³/mol. The third kappa shape index (κ3) is 2.99. The molecule has 0 radical (unpaired) electrons. The van der Waals surface area contributed by atoms with Crippen molar-refractivity contribution in [2.75, 3.05) is 7.05 Å². The zero-order valence-corrected chi connectivity index (χ0v) is 13.5. The lowest BCUT2D eigenvalue weighted by Gasteiger charge is -2.13. The number of halogens is 1. The fourth-order valence-corrected chi connectivity index (χ4v) is 3.60. The number of hydrogen-bond acceptors (Lipinski definition) is 1. The Morgan fingerprint density at radius 2 is 2.20 bits per heavy atom. The molecule has 3 heteroatoms. The highest BCUT2D eigenvalue weighted by Gasteiger charge is 2.19. The Balaban J connectivity index is 1.85. The van der Waals surface area contributed by atoms with Crippen molar-refractivity contribution in [2.45, 2.75) is 38.3 Å². The van der Waals surface area contributed by atoms with Crippen LogP contribution in [0.2, 0.25) is 0 Å². The maximum absolute atomic E-state index is 3.54. The lowest BCUT2D eigenvalue weighted by molar-refractivity contribution is 0.531. The van der Waals surface area contributed by atoms with Crippen LogP contribution in [0.4, 0.5) is 0 Å². The molecule has 20 heavy (non-hydrogen) atoms. The molecule has 0 fully saturated rings. The van der Waals surface area contributed by atoms with Crippen LogP contribution in [0.15, 0.2) is 41.1 Å². The van der Waals surface area contributed by atoms with Crippen molar-refractivity contribution >= 4 is 15.9 Å². The largest absolute Gasteiger partial charge is 0.349 e. The summed E-state index contributed by atoms with van der Waals surface area (Å²) in [5.41, 5.74) is 4.36. The highest BCUT2D eigenvalue weighted by molar-refractivity contribution is 9.10. The molecular weight excluding hydrogens is 312 g/mol. The van der Waals surface area contributed by atoms with Crippen molar-refractivity contribution in [2.24, 2.45) is 0 Å². The minimum absolute atomic E-state index is 0.524. The number of fused-ring (bicyclic) bond motifs is 1. The zero-order valence-electron chi connectivity index (χ0n) is 11.9. The molecule has 0 bridgehead atoms. The summed E-state index contributed by atoms with van der Waals surface area (Å²) >= 11 is 3.54. The molecule has 0 spiro atoms. The Morgan fingerprint density at radius 3 is 3.00 bits per heavy atom. The molecule has 3 rings (SSSR count). The second-order valence-corrected chi connectivity index (χ2v) is 6.54. The standard InChI is InChI=1S/C17H21BrN2/c1-19-17-8-3-2-6-14-11-20(12-16(14)17)10-13-5-4-7-15(18)9-13/h4-5,7,9,11-12,17,19H,2-3,6,8,10H2,1H3. The molecule has 1 N–H and O–H groups in total. The molecule has 1 aliphatic rings. The van der Waals surface area contributed by atoms with Crippen molar-refractivity contribution in [3.8, 4) is 0 Å². The maximum Gasteiger partial charge on any atom is 0.0470 e. The molecule has 1 aromatic carbocycles. The van der Waals surface area contributed by atoms with Gasteiger partial charge >= 0.3 is 0 Å². The smallest absolute Gasteiger partial charge is 0.0470 e. The second kappa shape index (κ2) is 6.15. The highest BCUT2D eigenvalue weighted by atomic mass is 79.9. The van der Waals surface area contributed by atoms with Gasteiger partial charge in [-0.2, -0.15) is 0 Å². The van der Waals surface area contributed by atoms with Gasteiger partial charge in [0.25, 0.3) is 0 Å². The van der Waals surface area contributed by atoms with Crippen LogP contribution in [0.5, 0.6) is 0 Å². The maximum atomic E-state index is 3.54. The van der Waals surface area contributed by atoms with E-state index in [0.717, 1.165) is 11.0 Å². The van der Waals surface area contributed by atoms with Gasteiger partial charge in [-0.25, -0.2) is 0 Å². The number of aryl methyl sites for hydroxylation is 1.